The van der Waals surface area contributed by atoms with Crippen LogP contribution < -0.4 is 0 Å². The molecule has 0 aromatic carbocycles. The molecule has 0 aliphatic heterocycles. The summed E-state index contributed by atoms with van der Waals surface area (Å²) in [5.74, 6) is -9.82. The molecule has 0 nitrogen and oxygen atoms in total. The molecule has 2 rings (SSSR count). The van der Waals surface area contributed by atoms with Gasteiger partial charge in [0.25, 0.3) is 0 Å². The minimum Gasteiger partial charge on any atom is -0.200 e. The van der Waals surface area contributed by atoms with E-state index in [1.807, 2.05) is 0 Å². The second kappa shape index (κ2) is 2.27. The molecule has 2 fully saturated rings. The van der Waals surface area contributed by atoms with Crippen LogP contribution in [0, 0.1) is 11.8 Å². The van der Waals surface area contributed by atoms with E-state index in [9.17, 15) is 17.6 Å². The van der Waals surface area contributed by atoms with Gasteiger partial charge in [-0.3, -0.25) is 0 Å². The summed E-state index contributed by atoms with van der Waals surface area (Å²) in [5, 5.41) is 0. The molecule has 0 heterocycles. The normalized spacial score (nSPS) is 43.8. The topological polar surface area (TPSA) is 0 Å². The van der Waals surface area contributed by atoms with Crippen molar-refractivity contribution in [1.82, 2.24) is 0 Å². The summed E-state index contributed by atoms with van der Waals surface area (Å²) in [5.41, 5.74) is 0. The van der Waals surface area contributed by atoms with Gasteiger partial charge in [-0.05, 0) is 6.42 Å². The van der Waals surface area contributed by atoms with Crippen LogP contribution in [0.1, 0.15) is 12.8 Å². The van der Waals surface area contributed by atoms with Gasteiger partial charge in [-0.25, -0.2) is 0 Å². The predicted molar refractivity (Wildman–Crippen MR) is 40.5 cm³/mol. The van der Waals surface area contributed by atoms with Crippen molar-refractivity contribution in [2.45, 2.75) is 29.0 Å². The highest BCUT2D eigenvalue weighted by molar-refractivity contribution is 6.50. The Bertz CT molecular complexity index is 251. The highest BCUT2D eigenvalue weighted by Gasteiger charge is 2.78. The molecule has 2 aliphatic carbocycles. The summed E-state index contributed by atoms with van der Waals surface area (Å²) in [6.07, 6.45) is -0.613. The van der Waals surface area contributed by atoms with E-state index in [1.54, 1.807) is 0 Å². The number of alkyl halides is 6. The second-order valence-corrected chi connectivity index (χ2v) is 5.25. The molecule has 6 heteroatoms. The molecule has 2 aliphatic rings. The zero-order chi connectivity index (χ0) is 10.1. The van der Waals surface area contributed by atoms with Crippen LogP contribution in [-0.2, 0) is 0 Å². The first-order valence-electron chi connectivity index (χ1n) is 3.82. The van der Waals surface area contributed by atoms with Gasteiger partial charge in [0.15, 0.2) is 0 Å². The average Bonchev–Trinajstić information content (AvgIpc) is 2.54. The van der Waals surface area contributed by atoms with Gasteiger partial charge >= 0.3 is 11.8 Å². The fraction of sp³-hybridized carbons (Fsp3) is 1.00. The highest BCUT2D eigenvalue weighted by Crippen LogP contribution is 2.68. The molecule has 13 heavy (non-hydrogen) atoms. The molecular formula is C7H6Cl2F4. The summed E-state index contributed by atoms with van der Waals surface area (Å²) in [6.45, 7) is 0. The Hall–Kier alpha value is 0.300. The largest absolute Gasteiger partial charge is 0.313 e. The Kier molecular flexibility index (Phi) is 1.72. The Balaban J connectivity index is 2.08. The molecule has 0 aromatic rings. The quantitative estimate of drug-likeness (QED) is 0.483. The van der Waals surface area contributed by atoms with E-state index >= 15 is 0 Å². The number of halogens is 6. The van der Waals surface area contributed by atoms with Crippen molar-refractivity contribution in [3.05, 3.63) is 0 Å². The second-order valence-electron chi connectivity index (χ2n) is 3.71. The van der Waals surface area contributed by atoms with Crippen molar-refractivity contribution in [1.29, 1.82) is 0 Å². The predicted octanol–water partition coefficient (Wildman–Crippen LogP) is 3.47. The minimum absolute atomic E-state index is 0.187. The van der Waals surface area contributed by atoms with Gasteiger partial charge in [0.05, 0.1) is 0 Å². The standard InChI is InChI=1S/C7H6Cl2F4/c8-5(9)1-3(5)4-2-6(10,11)7(4,12)13/h3-4H,1-2H2. The molecule has 2 saturated carbocycles. The maximum atomic E-state index is 12.7. The molecule has 76 valence electrons. The molecular weight excluding hydrogens is 231 g/mol. The van der Waals surface area contributed by atoms with Crippen molar-refractivity contribution in [2.24, 2.45) is 11.8 Å². The Morgan fingerprint density at radius 2 is 1.38 bits per heavy atom. The van der Waals surface area contributed by atoms with E-state index in [2.05, 4.69) is 0 Å². The molecule has 0 amide bonds. The van der Waals surface area contributed by atoms with Crippen LogP contribution in [0.4, 0.5) is 17.6 Å². The zero-order valence-electron chi connectivity index (χ0n) is 6.34. The third-order valence-electron chi connectivity index (χ3n) is 2.79. The lowest BCUT2D eigenvalue weighted by atomic mass is 9.73. The summed E-state index contributed by atoms with van der Waals surface area (Å²) < 4.78 is 49.0. The number of rotatable bonds is 1. The summed E-state index contributed by atoms with van der Waals surface area (Å²) in [7, 11) is 0. The lowest BCUT2D eigenvalue weighted by molar-refractivity contribution is -0.318. The van der Waals surface area contributed by atoms with Gasteiger partial charge in [0, 0.05) is 18.3 Å². The van der Waals surface area contributed by atoms with Crippen molar-refractivity contribution in [2.75, 3.05) is 0 Å². The van der Waals surface area contributed by atoms with E-state index in [0.717, 1.165) is 0 Å². The fourth-order valence-corrected chi connectivity index (χ4v) is 2.38. The van der Waals surface area contributed by atoms with Crippen molar-refractivity contribution >= 4 is 23.2 Å². The molecule has 2 unspecified atom stereocenters. The van der Waals surface area contributed by atoms with Crippen LogP contribution in [0.2, 0.25) is 0 Å². The van der Waals surface area contributed by atoms with Crippen molar-refractivity contribution < 1.29 is 17.6 Å². The van der Waals surface area contributed by atoms with E-state index in [4.69, 9.17) is 23.2 Å². The molecule has 2 atom stereocenters. The molecule has 0 N–H and O–H groups in total. The van der Waals surface area contributed by atoms with Gasteiger partial charge in [0.2, 0.25) is 0 Å². The first-order valence-corrected chi connectivity index (χ1v) is 4.57. The zero-order valence-corrected chi connectivity index (χ0v) is 7.85. The minimum atomic E-state index is -3.93. The molecule has 0 spiro atoms. The summed E-state index contributed by atoms with van der Waals surface area (Å²) >= 11 is 11.0. The SMILES string of the molecule is FC1(F)CC(C2CC2(Cl)Cl)C1(F)F. The Labute approximate surface area is 82.2 Å². The average molecular weight is 237 g/mol. The van der Waals surface area contributed by atoms with E-state index < -0.39 is 34.4 Å². The van der Waals surface area contributed by atoms with Crippen LogP contribution >= 0.6 is 23.2 Å². The summed E-state index contributed by atoms with van der Waals surface area (Å²) in [4.78, 5) is 0. The van der Waals surface area contributed by atoms with Crippen LogP contribution in [0.5, 0.6) is 0 Å². The third kappa shape index (κ3) is 1.18. The van der Waals surface area contributed by atoms with Crippen molar-refractivity contribution in [3.8, 4) is 0 Å². The maximum absolute atomic E-state index is 12.7. The van der Waals surface area contributed by atoms with Gasteiger partial charge in [0.1, 0.15) is 4.33 Å². The van der Waals surface area contributed by atoms with Crippen LogP contribution in [0.3, 0.4) is 0 Å². The summed E-state index contributed by atoms with van der Waals surface area (Å²) in [6, 6.07) is 0. The van der Waals surface area contributed by atoms with E-state index in [0.29, 0.717) is 0 Å². The monoisotopic (exact) mass is 236 g/mol. The lowest BCUT2D eigenvalue weighted by Crippen LogP contribution is -2.59. The van der Waals surface area contributed by atoms with Crippen LogP contribution in [0.15, 0.2) is 0 Å². The maximum Gasteiger partial charge on any atom is 0.313 e. The Morgan fingerprint density at radius 3 is 1.62 bits per heavy atom. The number of hydrogen-bond acceptors (Lipinski definition) is 0. The highest BCUT2D eigenvalue weighted by atomic mass is 35.5. The van der Waals surface area contributed by atoms with E-state index in [1.165, 1.54) is 0 Å². The van der Waals surface area contributed by atoms with Crippen LogP contribution in [-0.4, -0.2) is 16.2 Å². The van der Waals surface area contributed by atoms with E-state index in [-0.39, 0.29) is 6.42 Å². The molecule has 0 saturated heterocycles. The Morgan fingerprint density at radius 1 is 0.923 bits per heavy atom. The van der Waals surface area contributed by atoms with Gasteiger partial charge in [-0.1, -0.05) is 0 Å². The van der Waals surface area contributed by atoms with Gasteiger partial charge in [-0.2, -0.15) is 17.6 Å². The molecule has 0 bridgehead atoms. The molecule has 0 radical (unpaired) electrons. The number of hydrogen-bond donors (Lipinski definition) is 0. The fourth-order valence-electron chi connectivity index (χ4n) is 1.75. The first kappa shape index (κ1) is 9.84. The smallest absolute Gasteiger partial charge is 0.200 e. The van der Waals surface area contributed by atoms with Gasteiger partial charge < -0.3 is 0 Å². The van der Waals surface area contributed by atoms with Crippen LogP contribution in [0.25, 0.3) is 0 Å². The first-order chi connectivity index (χ1) is 5.68. The van der Waals surface area contributed by atoms with Crippen molar-refractivity contribution in [3.63, 3.8) is 0 Å². The molecule has 0 aromatic heterocycles. The third-order valence-corrected chi connectivity index (χ3v) is 3.66. The lowest BCUT2D eigenvalue weighted by Gasteiger charge is -2.44. The van der Waals surface area contributed by atoms with Gasteiger partial charge in [-0.15, -0.1) is 23.2 Å².